The van der Waals surface area contributed by atoms with Crippen LogP contribution in [0.25, 0.3) is 0 Å². The van der Waals surface area contributed by atoms with Gasteiger partial charge in [-0.15, -0.1) is 12.4 Å². The first-order chi connectivity index (χ1) is 16.4. The van der Waals surface area contributed by atoms with Crippen LogP contribution < -0.4 is 52.1 Å². The maximum absolute atomic E-state index is 5.78. The monoisotopic (exact) mass is 582 g/mol. The van der Waals surface area contributed by atoms with Gasteiger partial charge in [-0.1, -0.05) is 133 Å². The maximum atomic E-state index is 5.78. The fraction of sp³-hybridized carbons (Fsp3) is 1.00. The van der Waals surface area contributed by atoms with Crippen molar-refractivity contribution in [2.45, 2.75) is 146 Å². The molecular weight excluding hydrogens is 503 g/mol. The molecule has 0 bridgehead atoms. The van der Waals surface area contributed by atoms with E-state index in [1.54, 1.807) is 0 Å². The minimum absolute atomic E-state index is 0. The molecule has 0 aliphatic heterocycles. The summed E-state index contributed by atoms with van der Waals surface area (Å²) < 4.78 is 0. The molecule has 8 N–H and O–H groups in total. The van der Waals surface area contributed by atoms with E-state index in [4.69, 9.17) is 17.2 Å². The molecule has 0 spiro atoms. The standard InChI is InChI=1S/C20H44N2.2C5H13N.CH4.ClH.Na.H2O.H2/c1-4-6-7-8-9-10-11-12-13-14-15-22-18-19(3)16-20(5-2)17-21;2*1-3-5(2)4-6;;;;;/h19-20,22H,4-18,21H2,1-3H3;2*5H,3-4,6H2,1-2H3;1H4;1H;;1H2;1H/q;;;;;+1;;/p-1/i;;;;;;;1+1. The smallest absolute Gasteiger partial charge is 0.870 e. The van der Waals surface area contributed by atoms with Crippen molar-refractivity contribution >= 4 is 12.4 Å². The van der Waals surface area contributed by atoms with Crippen molar-refractivity contribution in [2.75, 3.05) is 32.7 Å². The van der Waals surface area contributed by atoms with Crippen molar-refractivity contribution < 1.29 is 36.5 Å². The number of unbranched alkanes of at least 4 members (excludes halogenated alkanes) is 9. The molecule has 0 amide bonds. The Morgan fingerprint density at radius 3 is 1.29 bits per heavy atom. The predicted octanol–water partition coefficient (Wildman–Crippen LogP) is 5.62. The van der Waals surface area contributed by atoms with Crippen LogP contribution >= 0.6 is 12.4 Å². The van der Waals surface area contributed by atoms with E-state index < -0.39 is 0 Å². The largest absolute Gasteiger partial charge is 1.00 e. The Morgan fingerprint density at radius 2 is 1.00 bits per heavy atom. The molecule has 0 aromatic heterocycles. The number of halogens is 1. The summed E-state index contributed by atoms with van der Waals surface area (Å²) in [7, 11) is 0. The van der Waals surface area contributed by atoms with Crippen molar-refractivity contribution in [3.05, 3.63) is 0 Å². The van der Waals surface area contributed by atoms with Gasteiger partial charge in [0, 0.05) is 1.43 Å². The minimum Gasteiger partial charge on any atom is -0.870 e. The third-order valence-electron chi connectivity index (χ3n) is 7.04. The molecule has 0 aliphatic rings. The van der Waals surface area contributed by atoms with E-state index in [0.29, 0.717) is 17.8 Å². The molecular formula is C31H78ClN4NaO. The SMILES string of the molecule is C.CCC(C)CN.CCC(C)CN.CCCCCCCCCCCCNCC(C)CC(CC)CN.Cl.[2HH].[Na+].[OH-]. The summed E-state index contributed by atoms with van der Waals surface area (Å²) in [6.07, 6.45) is 19.1. The molecule has 7 heteroatoms. The summed E-state index contributed by atoms with van der Waals surface area (Å²) in [4.78, 5) is 0. The van der Waals surface area contributed by atoms with E-state index in [1.165, 1.54) is 96.4 Å². The summed E-state index contributed by atoms with van der Waals surface area (Å²) in [6.45, 7) is 20.4. The molecule has 0 radical (unpaired) electrons. The quantitative estimate of drug-likeness (QED) is 0.103. The molecule has 38 heavy (non-hydrogen) atoms. The molecule has 0 fully saturated rings. The van der Waals surface area contributed by atoms with Gasteiger partial charge in [0.25, 0.3) is 0 Å². The van der Waals surface area contributed by atoms with E-state index in [-0.39, 0.29) is 56.3 Å². The molecule has 4 atom stereocenters. The topological polar surface area (TPSA) is 120 Å². The second-order valence-corrected chi connectivity index (χ2v) is 10.7. The minimum atomic E-state index is 0. The van der Waals surface area contributed by atoms with Crippen LogP contribution in [-0.2, 0) is 0 Å². The third-order valence-corrected chi connectivity index (χ3v) is 7.04. The van der Waals surface area contributed by atoms with Crippen molar-refractivity contribution in [3.63, 3.8) is 0 Å². The molecule has 0 aromatic carbocycles. The number of rotatable bonds is 21. The van der Waals surface area contributed by atoms with Gasteiger partial charge in [0.2, 0.25) is 0 Å². The molecule has 0 saturated heterocycles. The fourth-order valence-corrected chi connectivity index (χ4v) is 3.50. The van der Waals surface area contributed by atoms with Crippen LogP contribution in [0.3, 0.4) is 0 Å². The molecule has 236 valence electrons. The first kappa shape index (κ1) is 55.1. The van der Waals surface area contributed by atoms with Crippen LogP contribution in [0.2, 0.25) is 0 Å². The van der Waals surface area contributed by atoms with Gasteiger partial charge in [-0.25, -0.2) is 0 Å². The zero-order valence-corrected chi connectivity index (χ0v) is 29.6. The zero-order chi connectivity index (χ0) is 26.5. The van der Waals surface area contributed by atoms with E-state index >= 15 is 0 Å². The van der Waals surface area contributed by atoms with Gasteiger partial charge in [-0.3, -0.25) is 0 Å². The van der Waals surface area contributed by atoms with Crippen LogP contribution in [0.4, 0.5) is 0 Å². The average molecular weight is 582 g/mol. The molecule has 4 unspecified atom stereocenters. The summed E-state index contributed by atoms with van der Waals surface area (Å²) >= 11 is 0. The summed E-state index contributed by atoms with van der Waals surface area (Å²) in [5.41, 5.74) is 16.3. The normalized spacial score (nSPS) is 12.8. The van der Waals surface area contributed by atoms with Crippen molar-refractivity contribution in [1.29, 1.82) is 0 Å². The maximum Gasteiger partial charge on any atom is 1.00 e. The predicted molar refractivity (Wildman–Crippen MR) is 176 cm³/mol. The van der Waals surface area contributed by atoms with Crippen LogP contribution in [0.1, 0.15) is 147 Å². The van der Waals surface area contributed by atoms with Crippen LogP contribution in [0.5, 0.6) is 0 Å². The third kappa shape index (κ3) is 50.0. The van der Waals surface area contributed by atoms with Crippen LogP contribution in [0.15, 0.2) is 0 Å². The van der Waals surface area contributed by atoms with Gasteiger partial charge in [-0.05, 0) is 69.2 Å². The van der Waals surface area contributed by atoms with E-state index in [2.05, 4.69) is 53.8 Å². The van der Waals surface area contributed by atoms with E-state index in [0.717, 1.165) is 32.1 Å². The number of nitrogens with one attached hydrogen (secondary N) is 1. The van der Waals surface area contributed by atoms with Gasteiger partial charge in [0.1, 0.15) is 0 Å². The van der Waals surface area contributed by atoms with Gasteiger partial charge in [-0.2, -0.15) is 0 Å². The average Bonchev–Trinajstić information content (AvgIpc) is 2.87. The second-order valence-electron chi connectivity index (χ2n) is 10.7. The Hall–Kier alpha value is 1.09. The Labute approximate surface area is 272 Å². The second kappa shape index (κ2) is 47.9. The van der Waals surface area contributed by atoms with Crippen LogP contribution in [0, 0.1) is 23.7 Å². The number of hydrogen-bond donors (Lipinski definition) is 4. The van der Waals surface area contributed by atoms with Crippen molar-refractivity contribution in [3.8, 4) is 0 Å². The Balaban J connectivity index is -0.0000000795. The first-order valence-corrected chi connectivity index (χ1v) is 15.2. The number of nitrogens with two attached hydrogens (primary N) is 3. The fourth-order valence-electron chi connectivity index (χ4n) is 3.50. The zero-order valence-electron chi connectivity index (χ0n) is 26.8. The molecule has 0 aromatic rings. The van der Waals surface area contributed by atoms with E-state index in [1.807, 2.05) is 0 Å². The molecule has 0 saturated carbocycles. The van der Waals surface area contributed by atoms with Crippen LogP contribution in [-0.4, -0.2) is 38.2 Å². The Kier molecular flexibility index (Phi) is 69.4. The molecule has 5 nitrogen and oxygen atoms in total. The Morgan fingerprint density at radius 1 is 0.605 bits per heavy atom. The Bertz CT molecular complexity index is 343. The van der Waals surface area contributed by atoms with Crippen molar-refractivity contribution in [2.24, 2.45) is 40.9 Å². The summed E-state index contributed by atoms with van der Waals surface area (Å²) in [5, 5.41) is 3.62. The van der Waals surface area contributed by atoms with Crippen molar-refractivity contribution in [1.82, 2.24) is 5.32 Å². The van der Waals surface area contributed by atoms with Gasteiger partial charge in [0.15, 0.2) is 0 Å². The van der Waals surface area contributed by atoms with Gasteiger partial charge in [0.05, 0.1) is 0 Å². The number of hydrogen-bond acceptors (Lipinski definition) is 5. The van der Waals surface area contributed by atoms with Gasteiger partial charge >= 0.3 is 29.6 Å². The first-order valence-electron chi connectivity index (χ1n) is 15.2. The van der Waals surface area contributed by atoms with E-state index in [9.17, 15) is 0 Å². The van der Waals surface area contributed by atoms with Gasteiger partial charge < -0.3 is 28.0 Å². The molecule has 0 aliphatic carbocycles. The summed E-state index contributed by atoms with van der Waals surface area (Å²) in [5.74, 6) is 2.90. The summed E-state index contributed by atoms with van der Waals surface area (Å²) in [6, 6.07) is 0. The molecule has 0 rings (SSSR count). The molecule has 0 heterocycles.